The highest BCUT2D eigenvalue weighted by molar-refractivity contribution is 14.0. The van der Waals surface area contributed by atoms with Gasteiger partial charge in [-0.1, -0.05) is 31.4 Å². The third kappa shape index (κ3) is 5.94. The van der Waals surface area contributed by atoms with E-state index in [1.165, 1.54) is 38.5 Å². The van der Waals surface area contributed by atoms with E-state index in [4.69, 9.17) is 4.99 Å². The van der Waals surface area contributed by atoms with Crippen LogP contribution in [0.1, 0.15) is 61.4 Å². The van der Waals surface area contributed by atoms with Gasteiger partial charge in [0.25, 0.3) is 5.91 Å². The summed E-state index contributed by atoms with van der Waals surface area (Å²) in [6.45, 7) is 6.98. The van der Waals surface area contributed by atoms with E-state index in [1.807, 2.05) is 24.3 Å². The van der Waals surface area contributed by atoms with Gasteiger partial charge in [0, 0.05) is 38.3 Å². The van der Waals surface area contributed by atoms with E-state index in [2.05, 4.69) is 22.5 Å². The van der Waals surface area contributed by atoms with Crippen LogP contribution in [0.4, 0.5) is 0 Å². The Morgan fingerprint density at radius 3 is 2.53 bits per heavy atom. The number of carbonyl (C=O) groups is 2. The predicted molar refractivity (Wildman–Crippen MR) is 137 cm³/mol. The lowest BCUT2D eigenvalue weighted by molar-refractivity contribution is -0.123. The zero-order valence-electron chi connectivity index (χ0n) is 19.1. The van der Waals surface area contributed by atoms with E-state index in [9.17, 15) is 9.59 Å². The fourth-order valence-corrected chi connectivity index (χ4v) is 5.17. The molecule has 1 aromatic carbocycles. The molecule has 2 N–H and O–H groups in total. The molecular weight excluding hydrogens is 517 g/mol. The smallest absolute Gasteiger partial charge is 0.254 e. The van der Waals surface area contributed by atoms with Crippen LogP contribution in [0.3, 0.4) is 0 Å². The summed E-state index contributed by atoms with van der Waals surface area (Å²) < 4.78 is 0. The molecule has 2 aliphatic heterocycles. The van der Waals surface area contributed by atoms with Gasteiger partial charge in [0.1, 0.15) is 0 Å². The van der Waals surface area contributed by atoms with Gasteiger partial charge in [0.2, 0.25) is 5.91 Å². The predicted octanol–water partition coefficient (Wildman–Crippen LogP) is 3.00. The van der Waals surface area contributed by atoms with Crippen molar-refractivity contribution in [2.75, 3.05) is 39.3 Å². The molecule has 0 radical (unpaired) electrons. The van der Waals surface area contributed by atoms with Gasteiger partial charge in [-0.05, 0) is 49.3 Å². The van der Waals surface area contributed by atoms with Gasteiger partial charge in [0.15, 0.2) is 5.96 Å². The second kappa shape index (κ2) is 11.3. The van der Waals surface area contributed by atoms with E-state index in [0.29, 0.717) is 30.6 Å². The first-order chi connectivity index (χ1) is 15.1. The number of nitrogens with zero attached hydrogens (tertiary/aromatic N) is 3. The largest absolute Gasteiger partial charge is 0.357 e. The lowest BCUT2D eigenvalue weighted by Crippen LogP contribution is -2.49. The van der Waals surface area contributed by atoms with Gasteiger partial charge >= 0.3 is 0 Å². The normalized spacial score (nSPS) is 20.7. The summed E-state index contributed by atoms with van der Waals surface area (Å²) in [6.07, 6.45) is 8.12. The van der Waals surface area contributed by atoms with Crippen molar-refractivity contribution < 1.29 is 9.59 Å². The first-order valence-corrected chi connectivity index (χ1v) is 11.8. The van der Waals surface area contributed by atoms with Crippen LogP contribution in [-0.2, 0) is 11.3 Å². The molecule has 1 aliphatic carbocycles. The minimum absolute atomic E-state index is 0. The molecule has 32 heavy (non-hydrogen) atoms. The number of amides is 2. The number of aliphatic imine (C=N–C) groups is 1. The lowest BCUT2D eigenvalue weighted by Gasteiger charge is -2.33. The Bertz CT molecular complexity index is 820. The number of halogens is 1. The number of nitrogens with one attached hydrogen (secondary N) is 2. The average Bonchev–Trinajstić information content (AvgIpc) is 3.20. The number of hydrogen-bond acceptors (Lipinski definition) is 3. The van der Waals surface area contributed by atoms with Crippen molar-refractivity contribution in [1.82, 2.24) is 20.4 Å². The van der Waals surface area contributed by atoms with Crippen molar-refractivity contribution in [3.8, 4) is 0 Å². The molecule has 2 saturated heterocycles. The van der Waals surface area contributed by atoms with Crippen LogP contribution < -0.4 is 10.6 Å². The standard InChI is InChI=1S/C24H35N5O2.HI/c1-2-25-23(29-14-12-24(18-29)10-4-3-5-11-24)27-16-19-6-8-20(9-7-19)22(31)28-15-13-26-21(30)17-28;/h6-9H,2-5,10-18H2,1H3,(H,25,27)(H,26,30);1H. The van der Waals surface area contributed by atoms with Gasteiger partial charge < -0.3 is 20.4 Å². The molecule has 176 valence electrons. The number of carbonyl (C=O) groups excluding carboxylic acids is 2. The van der Waals surface area contributed by atoms with E-state index in [0.717, 1.165) is 31.2 Å². The third-order valence-corrected chi connectivity index (χ3v) is 6.92. The van der Waals surface area contributed by atoms with E-state index in [1.54, 1.807) is 4.90 Å². The minimum atomic E-state index is -0.0987. The molecule has 8 heteroatoms. The molecule has 4 rings (SSSR count). The second-order valence-electron chi connectivity index (χ2n) is 9.18. The SMILES string of the molecule is CCNC(=NCc1ccc(C(=O)N2CCNC(=O)C2)cc1)N1CCC2(CCCCC2)C1.I. The summed E-state index contributed by atoms with van der Waals surface area (Å²) in [4.78, 5) is 33.1. The summed E-state index contributed by atoms with van der Waals surface area (Å²) in [7, 11) is 0. The Balaban J connectivity index is 0.00000289. The Hall–Kier alpha value is -1.84. The van der Waals surface area contributed by atoms with Crippen molar-refractivity contribution in [2.45, 2.75) is 52.0 Å². The maximum Gasteiger partial charge on any atom is 0.254 e. The van der Waals surface area contributed by atoms with Gasteiger partial charge in [-0.25, -0.2) is 4.99 Å². The average molecular weight is 553 g/mol. The second-order valence-corrected chi connectivity index (χ2v) is 9.18. The first-order valence-electron chi connectivity index (χ1n) is 11.8. The van der Waals surface area contributed by atoms with Crippen molar-refractivity contribution in [3.63, 3.8) is 0 Å². The summed E-state index contributed by atoms with van der Waals surface area (Å²) in [6, 6.07) is 7.63. The Labute approximate surface area is 208 Å². The summed E-state index contributed by atoms with van der Waals surface area (Å²) in [5.41, 5.74) is 2.20. The van der Waals surface area contributed by atoms with Crippen LogP contribution in [-0.4, -0.2) is 66.8 Å². The highest BCUT2D eigenvalue weighted by Gasteiger charge is 2.39. The Morgan fingerprint density at radius 1 is 1.09 bits per heavy atom. The number of guanidine groups is 1. The molecule has 3 aliphatic rings. The summed E-state index contributed by atoms with van der Waals surface area (Å²) in [5.74, 6) is 0.816. The van der Waals surface area contributed by atoms with Crippen molar-refractivity contribution in [1.29, 1.82) is 0 Å². The number of rotatable bonds is 4. The van der Waals surface area contributed by atoms with Crippen molar-refractivity contribution in [2.24, 2.45) is 10.4 Å². The molecule has 1 saturated carbocycles. The molecule has 3 fully saturated rings. The zero-order valence-corrected chi connectivity index (χ0v) is 21.4. The highest BCUT2D eigenvalue weighted by atomic mass is 127. The number of likely N-dealkylation sites (tertiary alicyclic amines) is 1. The number of piperazine rings is 1. The summed E-state index contributed by atoms with van der Waals surface area (Å²) in [5, 5.41) is 6.22. The van der Waals surface area contributed by atoms with Crippen LogP contribution in [0, 0.1) is 5.41 Å². The maximum absolute atomic E-state index is 12.6. The molecule has 0 unspecified atom stereocenters. The van der Waals surface area contributed by atoms with Crippen LogP contribution in [0.15, 0.2) is 29.3 Å². The molecule has 2 heterocycles. The quantitative estimate of drug-likeness (QED) is 0.342. The topological polar surface area (TPSA) is 77.0 Å². The number of benzene rings is 1. The van der Waals surface area contributed by atoms with E-state index < -0.39 is 0 Å². The molecule has 0 aromatic heterocycles. The highest BCUT2D eigenvalue weighted by Crippen LogP contribution is 2.43. The molecular formula is C24H36IN5O2. The molecule has 0 bridgehead atoms. The monoisotopic (exact) mass is 553 g/mol. The lowest BCUT2D eigenvalue weighted by atomic mass is 9.73. The van der Waals surface area contributed by atoms with Crippen molar-refractivity contribution >= 4 is 41.8 Å². The Morgan fingerprint density at radius 2 is 1.84 bits per heavy atom. The van der Waals surface area contributed by atoms with Gasteiger partial charge in [-0.2, -0.15) is 0 Å². The van der Waals surface area contributed by atoms with Crippen LogP contribution >= 0.6 is 24.0 Å². The van der Waals surface area contributed by atoms with E-state index >= 15 is 0 Å². The fraction of sp³-hybridized carbons (Fsp3) is 0.625. The Kier molecular flexibility index (Phi) is 8.79. The maximum atomic E-state index is 12.6. The van der Waals surface area contributed by atoms with Gasteiger partial charge in [-0.15, -0.1) is 24.0 Å². The molecule has 1 spiro atoms. The molecule has 0 atom stereocenters. The summed E-state index contributed by atoms with van der Waals surface area (Å²) >= 11 is 0. The number of hydrogen-bond donors (Lipinski definition) is 2. The molecule has 2 amide bonds. The molecule has 7 nitrogen and oxygen atoms in total. The fourth-order valence-electron chi connectivity index (χ4n) is 5.17. The minimum Gasteiger partial charge on any atom is -0.357 e. The first kappa shape index (κ1) is 24.8. The van der Waals surface area contributed by atoms with Gasteiger partial charge in [0.05, 0.1) is 13.1 Å². The molecule has 1 aromatic rings. The van der Waals surface area contributed by atoms with Crippen LogP contribution in [0.2, 0.25) is 0 Å². The van der Waals surface area contributed by atoms with Crippen molar-refractivity contribution in [3.05, 3.63) is 35.4 Å². The van der Waals surface area contributed by atoms with E-state index in [-0.39, 0.29) is 42.3 Å². The third-order valence-electron chi connectivity index (χ3n) is 6.92. The zero-order chi connectivity index (χ0) is 21.7. The van der Waals surface area contributed by atoms with Gasteiger partial charge in [-0.3, -0.25) is 9.59 Å². The van der Waals surface area contributed by atoms with Crippen LogP contribution in [0.25, 0.3) is 0 Å². The van der Waals surface area contributed by atoms with Crippen LogP contribution in [0.5, 0.6) is 0 Å².